The highest BCUT2D eigenvalue weighted by Gasteiger charge is 2.35. The van der Waals surface area contributed by atoms with Gasteiger partial charge < -0.3 is 15.0 Å². The topological polar surface area (TPSA) is 96.0 Å². The van der Waals surface area contributed by atoms with Crippen molar-refractivity contribution in [3.8, 4) is 5.75 Å². The maximum absolute atomic E-state index is 14.6. The van der Waals surface area contributed by atoms with E-state index in [1.807, 2.05) is 64.1 Å². The molecular formula is C36H40ClN3O5S. The maximum atomic E-state index is 14.6. The molecule has 10 heteroatoms. The number of ether oxygens (including phenoxy) is 1. The molecule has 4 aromatic rings. The van der Waals surface area contributed by atoms with Gasteiger partial charge in [-0.2, -0.15) is 0 Å². The second-order valence-corrected chi connectivity index (χ2v) is 14.4. The first kappa shape index (κ1) is 34.5. The summed E-state index contributed by atoms with van der Waals surface area (Å²) in [5.74, 6) is -0.382. The summed E-state index contributed by atoms with van der Waals surface area (Å²) in [6.45, 7) is 6.94. The third-order valence-electron chi connectivity index (χ3n) is 7.26. The number of rotatable bonds is 12. The summed E-state index contributed by atoms with van der Waals surface area (Å²) in [7, 11) is -2.69. The molecule has 1 N–H and O–H groups in total. The Morgan fingerprint density at radius 2 is 1.50 bits per heavy atom. The average molecular weight is 662 g/mol. The first-order valence-corrected chi connectivity index (χ1v) is 16.7. The van der Waals surface area contributed by atoms with Crippen LogP contribution in [0.2, 0.25) is 5.02 Å². The highest BCUT2D eigenvalue weighted by molar-refractivity contribution is 7.92. The van der Waals surface area contributed by atoms with E-state index in [0.29, 0.717) is 16.3 Å². The van der Waals surface area contributed by atoms with Crippen LogP contribution >= 0.6 is 11.6 Å². The molecule has 46 heavy (non-hydrogen) atoms. The number of anilines is 1. The summed E-state index contributed by atoms with van der Waals surface area (Å²) < 4.78 is 34.7. The molecule has 0 fully saturated rings. The van der Waals surface area contributed by atoms with Crippen molar-refractivity contribution >= 4 is 39.1 Å². The van der Waals surface area contributed by atoms with Crippen LogP contribution < -0.4 is 14.4 Å². The largest absolute Gasteiger partial charge is 0.497 e. The van der Waals surface area contributed by atoms with Gasteiger partial charge in [0, 0.05) is 23.5 Å². The fourth-order valence-electron chi connectivity index (χ4n) is 4.95. The van der Waals surface area contributed by atoms with Crippen molar-refractivity contribution in [2.24, 2.45) is 0 Å². The van der Waals surface area contributed by atoms with Crippen molar-refractivity contribution in [2.75, 3.05) is 18.0 Å². The van der Waals surface area contributed by atoms with E-state index in [-0.39, 0.29) is 29.5 Å². The van der Waals surface area contributed by atoms with Crippen LogP contribution in [0.3, 0.4) is 0 Å². The molecule has 0 radical (unpaired) electrons. The number of carbonyl (C=O) groups excluding carboxylic acids is 2. The molecule has 242 valence electrons. The summed E-state index contributed by atoms with van der Waals surface area (Å²) in [5, 5.41) is 3.50. The highest BCUT2D eigenvalue weighted by atomic mass is 35.5. The lowest BCUT2D eigenvalue weighted by molar-refractivity contribution is -0.140. The lowest BCUT2D eigenvalue weighted by atomic mass is 10.0. The van der Waals surface area contributed by atoms with Crippen molar-refractivity contribution in [1.29, 1.82) is 0 Å². The minimum Gasteiger partial charge on any atom is -0.497 e. The van der Waals surface area contributed by atoms with Gasteiger partial charge in [-0.25, -0.2) is 8.42 Å². The Morgan fingerprint density at radius 1 is 0.870 bits per heavy atom. The molecule has 0 aliphatic rings. The van der Waals surface area contributed by atoms with Gasteiger partial charge in [-0.05, 0) is 87.4 Å². The lowest BCUT2D eigenvalue weighted by Crippen LogP contribution is -2.56. The van der Waals surface area contributed by atoms with Crippen LogP contribution in [0.5, 0.6) is 5.75 Å². The van der Waals surface area contributed by atoms with E-state index in [0.717, 1.165) is 15.4 Å². The number of benzene rings is 4. The zero-order valence-corrected chi connectivity index (χ0v) is 28.3. The molecule has 0 aromatic heterocycles. The van der Waals surface area contributed by atoms with Gasteiger partial charge in [-0.15, -0.1) is 0 Å². The number of hydrogen-bond acceptors (Lipinski definition) is 5. The molecule has 4 rings (SSSR count). The Hall–Kier alpha value is -4.34. The Labute approximate surface area is 277 Å². The second kappa shape index (κ2) is 14.8. The minimum absolute atomic E-state index is 0.0233. The number of amides is 2. The zero-order chi connectivity index (χ0) is 33.5. The van der Waals surface area contributed by atoms with Crippen molar-refractivity contribution in [1.82, 2.24) is 10.2 Å². The molecule has 4 aromatic carbocycles. The summed E-state index contributed by atoms with van der Waals surface area (Å²) in [4.78, 5) is 30.0. The number of methoxy groups -OCH3 is 1. The fraction of sp³-hybridized carbons (Fsp3) is 0.278. The van der Waals surface area contributed by atoms with Crippen LogP contribution in [0.15, 0.2) is 108 Å². The number of nitrogens with one attached hydrogen (secondary N) is 1. The SMILES string of the molecule is COc1ccc(N(CC(=O)N(Cc2cccc(Cl)c2)[C@@H](Cc2ccccc2)C(=O)NC(C)(C)C)S(=O)(=O)c2ccc(C)cc2)cc1. The number of carbonyl (C=O) groups is 2. The number of hydrogen-bond donors (Lipinski definition) is 1. The number of sulfonamides is 1. The van der Waals surface area contributed by atoms with Gasteiger partial charge in [0.25, 0.3) is 10.0 Å². The Kier molecular flexibility index (Phi) is 11.1. The van der Waals surface area contributed by atoms with E-state index in [9.17, 15) is 18.0 Å². The molecule has 0 saturated carbocycles. The molecule has 0 aliphatic heterocycles. The maximum Gasteiger partial charge on any atom is 0.264 e. The van der Waals surface area contributed by atoms with E-state index in [1.54, 1.807) is 54.6 Å². The predicted molar refractivity (Wildman–Crippen MR) is 183 cm³/mol. The van der Waals surface area contributed by atoms with Crippen molar-refractivity contribution in [3.63, 3.8) is 0 Å². The zero-order valence-electron chi connectivity index (χ0n) is 26.7. The highest BCUT2D eigenvalue weighted by Crippen LogP contribution is 2.27. The van der Waals surface area contributed by atoms with Crippen LogP contribution in [-0.2, 0) is 32.6 Å². The first-order chi connectivity index (χ1) is 21.8. The van der Waals surface area contributed by atoms with Crippen LogP contribution in [0.25, 0.3) is 0 Å². The van der Waals surface area contributed by atoms with Crippen molar-refractivity contribution < 1.29 is 22.7 Å². The Morgan fingerprint density at radius 3 is 2.09 bits per heavy atom. The van der Waals surface area contributed by atoms with Gasteiger partial charge in [0.1, 0.15) is 18.3 Å². The molecule has 0 bridgehead atoms. The average Bonchev–Trinajstić information content (AvgIpc) is 3.01. The summed E-state index contributed by atoms with van der Waals surface area (Å²) in [6, 6.07) is 28.4. The quantitative estimate of drug-likeness (QED) is 0.189. The second-order valence-electron chi connectivity index (χ2n) is 12.1. The smallest absolute Gasteiger partial charge is 0.264 e. The first-order valence-electron chi connectivity index (χ1n) is 14.9. The molecule has 0 spiro atoms. The Bertz CT molecular complexity index is 1740. The third kappa shape index (κ3) is 9.11. The predicted octanol–water partition coefficient (Wildman–Crippen LogP) is 6.41. The molecule has 1 atom stereocenters. The monoisotopic (exact) mass is 661 g/mol. The number of aryl methyl sites for hydroxylation is 1. The molecule has 0 aliphatic carbocycles. The Balaban J connectivity index is 1.82. The summed E-state index contributed by atoms with van der Waals surface area (Å²) >= 11 is 6.31. The van der Waals surface area contributed by atoms with Gasteiger partial charge in [-0.3, -0.25) is 13.9 Å². The van der Waals surface area contributed by atoms with Gasteiger partial charge in [0.15, 0.2) is 0 Å². The lowest BCUT2D eigenvalue weighted by Gasteiger charge is -2.35. The molecule has 0 unspecified atom stereocenters. The van der Waals surface area contributed by atoms with Gasteiger partial charge >= 0.3 is 0 Å². The number of nitrogens with zero attached hydrogens (tertiary/aromatic N) is 2. The van der Waals surface area contributed by atoms with Gasteiger partial charge in [0.2, 0.25) is 11.8 Å². The van der Waals surface area contributed by atoms with E-state index in [4.69, 9.17) is 16.3 Å². The van der Waals surface area contributed by atoms with Crippen LogP contribution in [0.1, 0.15) is 37.5 Å². The number of halogens is 1. The summed E-state index contributed by atoms with van der Waals surface area (Å²) in [6.07, 6.45) is 0.211. The van der Waals surface area contributed by atoms with E-state index in [1.165, 1.54) is 24.1 Å². The molecule has 8 nitrogen and oxygen atoms in total. The molecule has 0 heterocycles. The van der Waals surface area contributed by atoms with E-state index >= 15 is 0 Å². The molecule has 2 amide bonds. The standard InChI is InChI=1S/C36H40ClN3O5S/c1-26-14-20-32(21-15-26)46(43,44)40(30-16-18-31(45-5)19-17-30)25-34(41)39(24-28-12-9-13-29(37)22-28)33(35(42)38-36(2,3)4)23-27-10-7-6-8-11-27/h6-22,33H,23-25H2,1-5H3,(H,38,42)/t33-/m0/s1. The third-order valence-corrected chi connectivity index (χ3v) is 9.28. The van der Waals surface area contributed by atoms with Crippen LogP contribution in [0, 0.1) is 6.92 Å². The van der Waals surface area contributed by atoms with Crippen LogP contribution in [0.4, 0.5) is 5.69 Å². The molecular weight excluding hydrogens is 622 g/mol. The van der Waals surface area contributed by atoms with Crippen LogP contribution in [-0.4, -0.2) is 50.4 Å². The fourth-order valence-corrected chi connectivity index (χ4v) is 6.58. The van der Waals surface area contributed by atoms with Gasteiger partial charge in [-0.1, -0.05) is 71.8 Å². The summed E-state index contributed by atoms with van der Waals surface area (Å²) in [5.41, 5.74) is 2.13. The van der Waals surface area contributed by atoms with E-state index < -0.39 is 34.1 Å². The minimum atomic E-state index is -4.21. The normalized spacial score (nSPS) is 12.2. The molecule has 0 saturated heterocycles. The van der Waals surface area contributed by atoms with Gasteiger partial charge in [0.05, 0.1) is 17.7 Å². The van der Waals surface area contributed by atoms with E-state index in [2.05, 4.69) is 5.32 Å². The van der Waals surface area contributed by atoms with Crippen molar-refractivity contribution in [2.45, 2.75) is 57.1 Å². The van der Waals surface area contributed by atoms with Crippen molar-refractivity contribution in [3.05, 3.63) is 125 Å².